The lowest BCUT2D eigenvalue weighted by molar-refractivity contribution is -0.124. The van der Waals surface area contributed by atoms with Gasteiger partial charge in [0.25, 0.3) is 0 Å². The van der Waals surface area contributed by atoms with Crippen LogP contribution in [0.4, 0.5) is 14.5 Å². The molecule has 1 aromatic rings. The molecule has 1 aliphatic rings. The third kappa shape index (κ3) is 2.58. The van der Waals surface area contributed by atoms with E-state index in [0.717, 1.165) is 25.3 Å². The number of rotatable bonds is 2. The average Bonchev–Trinajstić information content (AvgIpc) is 2.44. The van der Waals surface area contributed by atoms with Crippen molar-refractivity contribution >= 4 is 11.6 Å². The van der Waals surface area contributed by atoms with Crippen LogP contribution < -0.4 is 5.32 Å². The molecule has 0 aromatic heterocycles. The minimum absolute atomic E-state index is 0.217. The van der Waals surface area contributed by atoms with Gasteiger partial charge in [0, 0.05) is 0 Å². The van der Waals surface area contributed by atoms with E-state index in [1.807, 2.05) is 6.07 Å². The Morgan fingerprint density at radius 1 is 1.26 bits per heavy atom. The molecule has 0 unspecified atom stereocenters. The fraction of sp³-hybridized carbons (Fsp3) is 0.429. The molecular weight excluding hydrogens is 250 g/mol. The Hall–Kier alpha value is -1.96. The lowest BCUT2D eigenvalue weighted by Crippen LogP contribution is -2.37. The molecule has 19 heavy (non-hydrogen) atoms. The largest absolute Gasteiger partial charge is 0.322 e. The molecule has 0 spiro atoms. The van der Waals surface area contributed by atoms with Crippen molar-refractivity contribution in [3.8, 4) is 6.07 Å². The highest BCUT2D eigenvalue weighted by atomic mass is 19.2. The maximum absolute atomic E-state index is 13.5. The first-order valence-electron chi connectivity index (χ1n) is 6.26. The second-order valence-electron chi connectivity index (χ2n) is 4.81. The predicted molar refractivity (Wildman–Crippen MR) is 66.1 cm³/mol. The summed E-state index contributed by atoms with van der Waals surface area (Å²) in [5.41, 5.74) is -1.33. The van der Waals surface area contributed by atoms with E-state index in [0.29, 0.717) is 12.8 Å². The van der Waals surface area contributed by atoms with Crippen LogP contribution >= 0.6 is 0 Å². The molecule has 0 heterocycles. The smallest absolute Gasteiger partial charge is 0.244 e. The van der Waals surface area contributed by atoms with Gasteiger partial charge in [-0.2, -0.15) is 5.26 Å². The van der Waals surface area contributed by atoms with E-state index in [1.54, 1.807) is 0 Å². The zero-order chi connectivity index (χ0) is 13.9. The normalized spacial score (nSPS) is 17.5. The van der Waals surface area contributed by atoms with Gasteiger partial charge in [0.2, 0.25) is 5.91 Å². The molecule has 1 fully saturated rings. The SMILES string of the molecule is N#CC1(C(=O)Nc2cccc(F)c2F)CCCCC1. The van der Waals surface area contributed by atoms with Gasteiger partial charge in [0.05, 0.1) is 11.8 Å². The molecule has 1 aromatic carbocycles. The topological polar surface area (TPSA) is 52.9 Å². The van der Waals surface area contributed by atoms with E-state index in [2.05, 4.69) is 5.32 Å². The van der Waals surface area contributed by atoms with Crippen molar-refractivity contribution < 1.29 is 13.6 Å². The van der Waals surface area contributed by atoms with Crippen molar-refractivity contribution in [2.24, 2.45) is 5.41 Å². The first-order chi connectivity index (χ1) is 9.09. The highest BCUT2D eigenvalue weighted by Crippen LogP contribution is 2.37. The van der Waals surface area contributed by atoms with Crippen LogP contribution in [0.15, 0.2) is 18.2 Å². The quantitative estimate of drug-likeness (QED) is 0.890. The number of nitrogens with one attached hydrogen (secondary N) is 1. The summed E-state index contributed by atoms with van der Waals surface area (Å²) in [5, 5.41) is 11.6. The number of hydrogen-bond donors (Lipinski definition) is 1. The number of halogens is 2. The second kappa shape index (κ2) is 5.35. The van der Waals surface area contributed by atoms with Crippen molar-refractivity contribution in [3.05, 3.63) is 29.8 Å². The van der Waals surface area contributed by atoms with Crippen LogP contribution in [0, 0.1) is 28.4 Å². The van der Waals surface area contributed by atoms with Gasteiger partial charge in [0.15, 0.2) is 11.6 Å². The predicted octanol–water partition coefficient (Wildman–Crippen LogP) is 3.38. The Morgan fingerprint density at radius 3 is 2.58 bits per heavy atom. The summed E-state index contributed by atoms with van der Waals surface area (Å²) in [5.74, 6) is -2.66. The van der Waals surface area contributed by atoms with E-state index >= 15 is 0 Å². The van der Waals surface area contributed by atoms with Crippen LogP contribution in [0.25, 0.3) is 0 Å². The number of anilines is 1. The molecule has 5 heteroatoms. The Bertz CT molecular complexity index is 531. The first kappa shape index (κ1) is 13.5. The van der Waals surface area contributed by atoms with Crippen LogP contribution in [0.1, 0.15) is 32.1 Å². The van der Waals surface area contributed by atoms with Crippen molar-refractivity contribution in [2.45, 2.75) is 32.1 Å². The maximum atomic E-state index is 13.5. The number of nitriles is 1. The molecule has 0 saturated heterocycles. The summed E-state index contributed by atoms with van der Waals surface area (Å²) < 4.78 is 26.5. The lowest BCUT2D eigenvalue weighted by Gasteiger charge is -2.29. The second-order valence-corrected chi connectivity index (χ2v) is 4.81. The number of benzene rings is 1. The van der Waals surface area contributed by atoms with Crippen LogP contribution in [-0.4, -0.2) is 5.91 Å². The fourth-order valence-electron chi connectivity index (χ4n) is 2.39. The molecule has 1 aliphatic carbocycles. The Labute approximate surface area is 110 Å². The van der Waals surface area contributed by atoms with Crippen molar-refractivity contribution in [3.63, 3.8) is 0 Å². The third-order valence-electron chi connectivity index (χ3n) is 3.56. The molecule has 0 aliphatic heterocycles. The molecule has 100 valence electrons. The lowest BCUT2D eigenvalue weighted by atomic mass is 9.74. The molecular formula is C14H14F2N2O. The molecule has 2 rings (SSSR count). The van der Waals surface area contributed by atoms with E-state index in [4.69, 9.17) is 0 Å². The summed E-state index contributed by atoms with van der Waals surface area (Å²) in [6, 6.07) is 5.62. The monoisotopic (exact) mass is 264 g/mol. The zero-order valence-corrected chi connectivity index (χ0v) is 10.4. The van der Waals surface area contributed by atoms with Gasteiger partial charge < -0.3 is 5.32 Å². The number of amides is 1. The number of hydrogen-bond acceptors (Lipinski definition) is 2. The first-order valence-corrected chi connectivity index (χ1v) is 6.26. The summed E-state index contributed by atoms with van der Waals surface area (Å²) in [4.78, 5) is 12.2. The van der Waals surface area contributed by atoms with Gasteiger partial charge in [-0.05, 0) is 25.0 Å². The standard InChI is InChI=1S/C14H14F2N2O/c15-10-5-4-6-11(12(10)16)18-13(19)14(9-17)7-2-1-3-8-14/h4-6H,1-3,7-8H2,(H,18,19). The van der Waals surface area contributed by atoms with Crippen LogP contribution in [0.5, 0.6) is 0 Å². The summed E-state index contributed by atoms with van der Waals surface area (Å²) in [7, 11) is 0. The van der Waals surface area contributed by atoms with Crippen LogP contribution in [0.2, 0.25) is 0 Å². The Morgan fingerprint density at radius 2 is 1.95 bits per heavy atom. The van der Waals surface area contributed by atoms with Gasteiger partial charge in [-0.1, -0.05) is 25.3 Å². The highest BCUT2D eigenvalue weighted by Gasteiger charge is 2.40. The Balaban J connectivity index is 2.20. The van der Waals surface area contributed by atoms with Crippen molar-refractivity contribution in [2.75, 3.05) is 5.32 Å². The molecule has 0 bridgehead atoms. The van der Waals surface area contributed by atoms with Gasteiger partial charge in [-0.15, -0.1) is 0 Å². The number of nitrogens with zero attached hydrogens (tertiary/aromatic N) is 1. The molecule has 1 saturated carbocycles. The zero-order valence-electron chi connectivity index (χ0n) is 10.4. The molecule has 0 radical (unpaired) electrons. The van der Waals surface area contributed by atoms with Crippen molar-refractivity contribution in [1.29, 1.82) is 5.26 Å². The highest BCUT2D eigenvalue weighted by molar-refractivity contribution is 5.97. The Kier molecular flexibility index (Phi) is 3.79. The van der Waals surface area contributed by atoms with Crippen LogP contribution in [0.3, 0.4) is 0 Å². The van der Waals surface area contributed by atoms with Gasteiger partial charge in [0.1, 0.15) is 5.41 Å². The molecule has 1 N–H and O–H groups in total. The average molecular weight is 264 g/mol. The van der Waals surface area contributed by atoms with Crippen LogP contribution in [-0.2, 0) is 4.79 Å². The molecule has 0 atom stereocenters. The van der Waals surface area contributed by atoms with Gasteiger partial charge in [-0.3, -0.25) is 4.79 Å². The fourth-order valence-corrected chi connectivity index (χ4v) is 2.39. The van der Waals surface area contributed by atoms with E-state index in [-0.39, 0.29) is 5.69 Å². The summed E-state index contributed by atoms with van der Waals surface area (Å²) >= 11 is 0. The van der Waals surface area contributed by atoms with E-state index < -0.39 is 23.0 Å². The molecule has 3 nitrogen and oxygen atoms in total. The maximum Gasteiger partial charge on any atom is 0.244 e. The minimum Gasteiger partial charge on any atom is -0.322 e. The van der Waals surface area contributed by atoms with Gasteiger partial charge >= 0.3 is 0 Å². The van der Waals surface area contributed by atoms with Gasteiger partial charge in [-0.25, -0.2) is 8.78 Å². The number of carbonyl (C=O) groups is 1. The molecule has 1 amide bonds. The van der Waals surface area contributed by atoms with Crippen molar-refractivity contribution in [1.82, 2.24) is 0 Å². The number of carbonyl (C=O) groups excluding carboxylic acids is 1. The summed E-state index contributed by atoms with van der Waals surface area (Å²) in [6.45, 7) is 0. The third-order valence-corrected chi connectivity index (χ3v) is 3.56. The summed E-state index contributed by atoms with van der Waals surface area (Å²) in [6.07, 6.45) is 3.52. The van der Waals surface area contributed by atoms with E-state index in [1.165, 1.54) is 12.1 Å². The minimum atomic E-state index is -1.11. The van der Waals surface area contributed by atoms with E-state index in [9.17, 15) is 18.8 Å².